The van der Waals surface area contributed by atoms with Gasteiger partial charge in [0, 0.05) is 31.9 Å². The Morgan fingerprint density at radius 1 is 1.07 bits per heavy atom. The van der Waals surface area contributed by atoms with Crippen LogP contribution in [0.25, 0.3) is 5.65 Å². The third kappa shape index (κ3) is 4.61. The van der Waals surface area contributed by atoms with E-state index in [1.165, 1.54) is 12.3 Å². The van der Waals surface area contributed by atoms with Crippen molar-refractivity contribution in [1.29, 1.82) is 0 Å². The average molecular weight is 436 g/mol. The number of likely N-dealkylation sites (N-methyl/N-ethyl adjacent to an activating group) is 1. The summed E-state index contributed by atoms with van der Waals surface area (Å²) in [6, 6.07) is 3.43. The number of halogens is 1. The fraction of sp³-hybridized carbons (Fsp3) is 0.727. The van der Waals surface area contributed by atoms with Gasteiger partial charge in [-0.05, 0) is 35.8 Å². The fourth-order valence-electron chi connectivity index (χ4n) is 5.29. The molecule has 0 bridgehead atoms. The zero-order chi connectivity index (χ0) is 22.1. The minimum atomic E-state index is -1.88. The van der Waals surface area contributed by atoms with Crippen molar-refractivity contribution in [3.8, 4) is 0 Å². The van der Waals surface area contributed by atoms with Crippen molar-refractivity contribution in [3.05, 3.63) is 30.0 Å². The van der Waals surface area contributed by atoms with E-state index in [0.717, 1.165) is 32.1 Å². The molecule has 8 heteroatoms. The Balaban J connectivity index is 1.70. The van der Waals surface area contributed by atoms with Gasteiger partial charge in [-0.3, -0.25) is 14.2 Å². The number of aromatic nitrogens is 3. The van der Waals surface area contributed by atoms with Crippen molar-refractivity contribution in [2.45, 2.75) is 70.8 Å². The standard InChI is InChI=1S/C22H38FN5OSi/c1-16(2)30(17(3)4,18(5)6)29-15-20-13-27(11-10-26(20)7)14-22-25-24-21-9-8-19(23)12-28(21)22/h8-9,12,16-18,20H,10-11,13-15H2,1-7H3. The minimum Gasteiger partial charge on any atom is -0.414 e. The molecule has 0 aliphatic carbocycles. The maximum absolute atomic E-state index is 13.7. The highest BCUT2D eigenvalue weighted by molar-refractivity contribution is 6.77. The van der Waals surface area contributed by atoms with E-state index in [0.29, 0.717) is 34.9 Å². The third-order valence-electron chi connectivity index (χ3n) is 6.90. The van der Waals surface area contributed by atoms with Crippen LogP contribution < -0.4 is 0 Å². The molecule has 1 atom stereocenters. The summed E-state index contributed by atoms with van der Waals surface area (Å²) in [6.45, 7) is 18.3. The van der Waals surface area contributed by atoms with Gasteiger partial charge in [0.1, 0.15) is 5.82 Å². The second kappa shape index (κ2) is 9.42. The molecular weight excluding hydrogens is 397 g/mol. The third-order valence-corrected chi connectivity index (χ3v) is 13.0. The van der Waals surface area contributed by atoms with Gasteiger partial charge in [-0.1, -0.05) is 41.5 Å². The van der Waals surface area contributed by atoms with Gasteiger partial charge >= 0.3 is 0 Å². The number of rotatable bonds is 8. The van der Waals surface area contributed by atoms with E-state index in [2.05, 4.69) is 68.6 Å². The van der Waals surface area contributed by atoms with E-state index in [9.17, 15) is 4.39 Å². The molecule has 3 rings (SSSR count). The van der Waals surface area contributed by atoms with Crippen molar-refractivity contribution in [1.82, 2.24) is 24.4 Å². The molecule has 168 valence electrons. The highest BCUT2D eigenvalue weighted by Gasteiger charge is 2.45. The molecule has 1 fully saturated rings. The lowest BCUT2D eigenvalue weighted by Gasteiger charge is -2.45. The highest BCUT2D eigenvalue weighted by Crippen LogP contribution is 2.42. The summed E-state index contributed by atoms with van der Waals surface area (Å²) in [5.74, 6) is 0.509. The van der Waals surface area contributed by atoms with Crippen LogP contribution in [0.1, 0.15) is 47.4 Å². The van der Waals surface area contributed by atoms with Crippen molar-refractivity contribution >= 4 is 14.0 Å². The number of pyridine rings is 1. The van der Waals surface area contributed by atoms with Gasteiger partial charge in [-0.25, -0.2) is 4.39 Å². The number of nitrogens with zero attached hydrogens (tertiary/aromatic N) is 5. The first kappa shape index (κ1) is 23.3. The van der Waals surface area contributed by atoms with Gasteiger partial charge in [0.05, 0.1) is 13.2 Å². The molecule has 1 unspecified atom stereocenters. The lowest BCUT2D eigenvalue weighted by atomic mass is 10.2. The number of hydrogen-bond donors (Lipinski definition) is 0. The van der Waals surface area contributed by atoms with Crippen LogP contribution in [0.3, 0.4) is 0 Å². The van der Waals surface area contributed by atoms with Crippen LogP contribution in [0.15, 0.2) is 18.3 Å². The maximum atomic E-state index is 13.7. The molecule has 6 nitrogen and oxygen atoms in total. The summed E-state index contributed by atoms with van der Waals surface area (Å²) in [5, 5.41) is 8.47. The monoisotopic (exact) mass is 435 g/mol. The van der Waals surface area contributed by atoms with Crippen LogP contribution in [0.2, 0.25) is 16.6 Å². The lowest BCUT2D eigenvalue weighted by molar-refractivity contribution is 0.0544. The fourth-order valence-corrected chi connectivity index (χ4v) is 10.8. The summed E-state index contributed by atoms with van der Waals surface area (Å²) < 4.78 is 22.3. The van der Waals surface area contributed by atoms with Gasteiger partial charge in [-0.2, -0.15) is 0 Å². The molecule has 2 aromatic rings. The molecule has 0 saturated carbocycles. The molecule has 0 spiro atoms. The minimum absolute atomic E-state index is 0.273. The van der Waals surface area contributed by atoms with Gasteiger partial charge in [0.2, 0.25) is 0 Å². The van der Waals surface area contributed by atoms with Gasteiger partial charge in [-0.15, -0.1) is 10.2 Å². The van der Waals surface area contributed by atoms with Gasteiger partial charge in [0.15, 0.2) is 19.8 Å². The zero-order valence-electron chi connectivity index (χ0n) is 19.6. The number of fused-ring (bicyclic) bond motifs is 1. The average Bonchev–Trinajstić information content (AvgIpc) is 3.05. The molecular formula is C22H38FN5OSi. The van der Waals surface area contributed by atoms with E-state index < -0.39 is 8.32 Å². The quantitative estimate of drug-likeness (QED) is 0.582. The van der Waals surface area contributed by atoms with E-state index >= 15 is 0 Å². The second-order valence-electron chi connectivity index (χ2n) is 9.69. The molecule has 30 heavy (non-hydrogen) atoms. The smallest absolute Gasteiger partial charge is 0.200 e. The molecule has 0 amide bonds. The van der Waals surface area contributed by atoms with Crippen molar-refractivity contribution < 1.29 is 8.82 Å². The first-order valence-electron chi connectivity index (χ1n) is 11.2. The summed E-state index contributed by atoms with van der Waals surface area (Å²) in [7, 11) is 0.309. The Hall–Kier alpha value is -1.35. The Labute approximate surface area is 181 Å². The first-order valence-corrected chi connectivity index (χ1v) is 13.3. The maximum Gasteiger partial charge on any atom is 0.200 e. The van der Waals surface area contributed by atoms with Crippen molar-refractivity contribution in [2.24, 2.45) is 0 Å². The lowest BCUT2D eigenvalue weighted by Crippen LogP contribution is -2.56. The van der Waals surface area contributed by atoms with Crippen LogP contribution in [0.5, 0.6) is 0 Å². The Kier molecular flexibility index (Phi) is 7.32. The molecule has 3 heterocycles. The van der Waals surface area contributed by atoms with Crippen LogP contribution in [-0.2, 0) is 11.0 Å². The summed E-state index contributed by atoms with van der Waals surface area (Å²) in [5.41, 5.74) is 2.43. The SMILES string of the molecule is CC(C)[Si](OCC1CN(Cc2nnc3ccc(F)cn23)CCN1C)(C(C)C)C(C)C. The molecule has 0 aromatic carbocycles. The second-order valence-corrected chi connectivity index (χ2v) is 15.1. The predicted molar refractivity (Wildman–Crippen MR) is 122 cm³/mol. The normalized spacial score (nSPS) is 19.6. The van der Waals surface area contributed by atoms with E-state index in [-0.39, 0.29) is 5.82 Å². The Bertz CT molecular complexity index is 818. The predicted octanol–water partition coefficient (Wildman–Crippen LogP) is 4.18. The molecule has 0 radical (unpaired) electrons. The number of hydrogen-bond acceptors (Lipinski definition) is 5. The van der Waals surface area contributed by atoms with E-state index in [1.807, 2.05) is 0 Å². The van der Waals surface area contributed by atoms with Crippen molar-refractivity contribution in [2.75, 3.05) is 33.3 Å². The highest BCUT2D eigenvalue weighted by atomic mass is 28.4. The Morgan fingerprint density at radius 2 is 1.73 bits per heavy atom. The Morgan fingerprint density at radius 3 is 2.37 bits per heavy atom. The molecule has 1 aliphatic heterocycles. The van der Waals surface area contributed by atoms with Crippen LogP contribution in [0.4, 0.5) is 4.39 Å². The largest absolute Gasteiger partial charge is 0.414 e. The molecule has 0 N–H and O–H groups in total. The van der Waals surface area contributed by atoms with Crippen LogP contribution in [0, 0.1) is 5.82 Å². The summed E-state index contributed by atoms with van der Waals surface area (Å²) >= 11 is 0. The molecule has 1 saturated heterocycles. The topological polar surface area (TPSA) is 45.9 Å². The summed E-state index contributed by atoms with van der Waals surface area (Å²) in [4.78, 5) is 4.80. The number of piperazine rings is 1. The van der Waals surface area contributed by atoms with Crippen molar-refractivity contribution in [3.63, 3.8) is 0 Å². The van der Waals surface area contributed by atoms with Crippen LogP contribution >= 0.6 is 0 Å². The summed E-state index contributed by atoms with van der Waals surface area (Å²) in [6.07, 6.45) is 1.47. The molecule has 1 aliphatic rings. The van der Waals surface area contributed by atoms with E-state index in [1.54, 1.807) is 10.5 Å². The van der Waals surface area contributed by atoms with E-state index in [4.69, 9.17) is 4.43 Å². The van der Waals surface area contributed by atoms with Gasteiger partial charge in [0.25, 0.3) is 0 Å². The first-order chi connectivity index (χ1) is 14.1. The van der Waals surface area contributed by atoms with Crippen LogP contribution in [-0.4, -0.2) is 72.0 Å². The van der Waals surface area contributed by atoms with Gasteiger partial charge < -0.3 is 4.43 Å². The molecule has 2 aromatic heterocycles. The zero-order valence-corrected chi connectivity index (χ0v) is 20.6.